The van der Waals surface area contributed by atoms with E-state index in [1.165, 1.54) is 0 Å². The fourth-order valence-corrected chi connectivity index (χ4v) is 1.19. The van der Waals surface area contributed by atoms with Gasteiger partial charge in [0.25, 0.3) is 0 Å². The van der Waals surface area contributed by atoms with Crippen LogP contribution in [0.4, 0.5) is 5.69 Å². The number of hydrogen-bond donors (Lipinski definition) is 1. The summed E-state index contributed by atoms with van der Waals surface area (Å²) in [6.07, 6.45) is 3.64. The second kappa shape index (κ2) is 4.82. The highest BCUT2D eigenvalue weighted by molar-refractivity contribution is 5.49. The minimum Gasteiger partial charge on any atom is -0.383 e. The van der Waals surface area contributed by atoms with Crippen LogP contribution in [0.2, 0.25) is 0 Å². The average Bonchev–Trinajstić information content (AvgIpc) is 2.09. The summed E-state index contributed by atoms with van der Waals surface area (Å²) >= 11 is 0. The van der Waals surface area contributed by atoms with Crippen molar-refractivity contribution in [3.63, 3.8) is 0 Å². The molecule has 0 aliphatic heterocycles. The zero-order valence-corrected chi connectivity index (χ0v) is 8.37. The topological polar surface area (TPSA) is 34.1 Å². The zero-order valence-electron chi connectivity index (χ0n) is 8.37. The number of aromatic nitrogens is 1. The summed E-state index contributed by atoms with van der Waals surface area (Å²) in [5.74, 6) is 0. The quantitative estimate of drug-likeness (QED) is 0.767. The maximum Gasteiger partial charge on any atom is 0.0661 e. The SMILES string of the molecule is COCC(C)Nc1ccncc1C. The van der Waals surface area contributed by atoms with Crippen LogP contribution in [0.25, 0.3) is 0 Å². The van der Waals surface area contributed by atoms with Gasteiger partial charge in [0.15, 0.2) is 0 Å². The maximum absolute atomic E-state index is 5.04. The van der Waals surface area contributed by atoms with Crippen molar-refractivity contribution in [3.8, 4) is 0 Å². The number of hydrogen-bond acceptors (Lipinski definition) is 3. The molecule has 0 aromatic carbocycles. The Kier molecular flexibility index (Phi) is 3.71. The third-order valence-corrected chi connectivity index (χ3v) is 1.84. The van der Waals surface area contributed by atoms with Crippen molar-refractivity contribution in [2.24, 2.45) is 0 Å². The Morgan fingerprint density at radius 3 is 3.00 bits per heavy atom. The standard InChI is InChI=1S/C10H16N2O/c1-8-6-11-5-4-10(8)12-9(2)7-13-3/h4-6,9H,7H2,1-3H3,(H,11,12). The molecule has 0 bridgehead atoms. The molecule has 3 nitrogen and oxygen atoms in total. The number of rotatable bonds is 4. The van der Waals surface area contributed by atoms with Gasteiger partial charge in [0, 0.05) is 31.2 Å². The monoisotopic (exact) mass is 180 g/mol. The van der Waals surface area contributed by atoms with Gasteiger partial charge in [0.1, 0.15) is 0 Å². The Hall–Kier alpha value is -1.09. The van der Waals surface area contributed by atoms with Gasteiger partial charge in [-0.1, -0.05) is 0 Å². The van der Waals surface area contributed by atoms with Crippen molar-refractivity contribution in [1.29, 1.82) is 0 Å². The molecule has 0 amide bonds. The first-order valence-corrected chi connectivity index (χ1v) is 4.40. The van der Waals surface area contributed by atoms with E-state index >= 15 is 0 Å². The lowest BCUT2D eigenvalue weighted by molar-refractivity contribution is 0.190. The smallest absolute Gasteiger partial charge is 0.0661 e. The van der Waals surface area contributed by atoms with Gasteiger partial charge in [0.05, 0.1) is 6.61 Å². The first-order valence-electron chi connectivity index (χ1n) is 4.40. The van der Waals surface area contributed by atoms with Gasteiger partial charge in [-0.2, -0.15) is 0 Å². The minimum absolute atomic E-state index is 0.325. The molecule has 3 heteroatoms. The highest BCUT2D eigenvalue weighted by Crippen LogP contribution is 2.12. The van der Waals surface area contributed by atoms with E-state index in [-0.39, 0.29) is 0 Å². The normalized spacial score (nSPS) is 12.5. The summed E-state index contributed by atoms with van der Waals surface area (Å²) in [7, 11) is 1.71. The lowest BCUT2D eigenvalue weighted by Crippen LogP contribution is -2.21. The van der Waals surface area contributed by atoms with Crippen LogP contribution in [-0.4, -0.2) is 24.7 Å². The molecular weight excluding hydrogens is 164 g/mol. The van der Waals surface area contributed by atoms with Crippen molar-refractivity contribution in [3.05, 3.63) is 24.0 Å². The van der Waals surface area contributed by atoms with Gasteiger partial charge in [-0.3, -0.25) is 4.98 Å². The molecule has 1 aromatic rings. The van der Waals surface area contributed by atoms with Gasteiger partial charge in [0.2, 0.25) is 0 Å². The molecule has 1 unspecified atom stereocenters. The Labute approximate surface area is 79.1 Å². The van der Waals surface area contributed by atoms with Crippen LogP contribution >= 0.6 is 0 Å². The molecule has 1 atom stereocenters. The lowest BCUT2D eigenvalue weighted by Gasteiger charge is -2.15. The highest BCUT2D eigenvalue weighted by Gasteiger charge is 2.02. The van der Waals surface area contributed by atoms with Crippen LogP contribution in [0, 0.1) is 6.92 Å². The molecule has 0 fully saturated rings. The van der Waals surface area contributed by atoms with E-state index in [1.807, 2.05) is 19.2 Å². The van der Waals surface area contributed by atoms with Gasteiger partial charge in [-0.05, 0) is 25.5 Å². The van der Waals surface area contributed by atoms with Gasteiger partial charge in [-0.25, -0.2) is 0 Å². The van der Waals surface area contributed by atoms with Crippen LogP contribution in [0.5, 0.6) is 0 Å². The molecular formula is C10H16N2O. The second-order valence-corrected chi connectivity index (χ2v) is 3.19. The van der Waals surface area contributed by atoms with Gasteiger partial charge >= 0.3 is 0 Å². The van der Waals surface area contributed by atoms with E-state index in [9.17, 15) is 0 Å². The van der Waals surface area contributed by atoms with Crippen LogP contribution < -0.4 is 5.32 Å². The Bertz CT molecular complexity index is 263. The third kappa shape index (κ3) is 3.03. The van der Waals surface area contributed by atoms with E-state index < -0.39 is 0 Å². The summed E-state index contributed by atoms with van der Waals surface area (Å²) in [5, 5.41) is 3.35. The molecule has 0 aliphatic rings. The summed E-state index contributed by atoms with van der Waals surface area (Å²) < 4.78 is 5.04. The molecule has 0 radical (unpaired) electrons. The second-order valence-electron chi connectivity index (χ2n) is 3.19. The summed E-state index contributed by atoms with van der Waals surface area (Å²) in [6, 6.07) is 2.30. The zero-order chi connectivity index (χ0) is 9.68. The van der Waals surface area contributed by atoms with Crippen LogP contribution in [0.15, 0.2) is 18.5 Å². The lowest BCUT2D eigenvalue weighted by atomic mass is 10.2. The van der Waals surface area contributed by atoms with Crippen molar-refractivity contribution in [2.45, 2.75) is 19.9 Å². The first-order chi connectivity index (χ1) is 6.24. The predicted molar refractivity (Wildman–Crippen MR) is 53.9 cm³/mol. The molecule has 1 aromatic heterocycles. The van der Waals surface area contributed by atoms with Gasteiger partial charge < -0.3 is 10.1 Å². The van der Waals surface area contributed by atoms with Crippen molar-refractivity contribution >= 4 is 5.69 Å². The van der Waals surface area contributed by atoms with Crippen molar-refractivity contribution in [1.82, 2.24) is 4.98 Å². The molecule has 1 rings (SSSR count). The summed E-state index contributed by atoms with van der Waals surface area (Å²) in [6.45, 7) is 4.83. The number of pyridine rings is 1. The molecule has 0 saturated carbocycles. The molecule has 1 heterocycles. The van der Waals surface area contributed by atoms with Crippen LogP contribution in [-0.2, 0) is 4.74 Å². The van der Waals surface area contributed by atoms with Crippen LogP contribution in [0.3, 0.4) is 0 Å². The Morgan fingerprint density at radius 2 is 2.38 bits per heavy atom. The van der Waals surface area contributed by atoms with E-state index in [4.69, 9.17) is 4.74 Å². The average molecular weight is 180 g/mol. The number of nitrogens with one attached hydrogen (secondary N) is 1. The molecule has 72 valence electrons. The number of nitrogens with zero attached hydrogens (tertiary/aromatic N) is 1. The maximum atomic E-state index is 5.04. The van der Waals surface area contributed by atoms with Crippen LogP contribution in [0.1, 0.15) is 12.5 Å². The fourth-order valence-electron chi connectivity index (χ4n) is 1.19. The Balaban J connectivity index is 2.58. The number of ether oxygens (including phenoxy) is 1. The number of methoxy groups -OCH3 is 1. The molecule has 0 saturated heterocycles. The summed E-state index contributed by atoms with van der Waals surface area (Å²) in [5.41, 5.74) is 2.28. The third-order valence-electron chi connectivity index (χ3n) is 1.84. The molecule has 0 spiro atoms. The van der Waals surface area contributed by atoms with Crippen molar-refractivity contribution in [2.75, 3.05) is 19.0 Å². The van der Waals surface area contributed by atoms with Gasteiger partial charge in [-0.15, -0.1) is 0 Å². The number of aryl methyl sites for hydroxylation is 1. The Morgan fingerprint density at radius 1 is 1.62 bits per heavy atom. The minimum atomic E-state index is 0.325. The molecule has 1 N–H and O–H groups in total. The fraction of sp³-hybridized carbons (Fsp3) is 0.500. The molecule has 13 heavy (non-hydrogen) atoms. The highest BCUT2D eigenvalue weighted by atomic mass is 16.5. The number of anilines is 1. The largest absolute Gasteiger partial charge is 0.383 e. The van der Waals surface area contributed by atoms with E-state index in [0.717, 1.165) is 11.3 Å². The summed E-state index contributed by atoms with van der Waals surface area (Å²) in [4.78, 5) is 4.03. The van der Waals surface area contributed by atoms with Crippen molar-refractivity contribution < 1.29 is 4.74 Å². The van der Waals surface area contributed by atoms with E-state index in [1.54, 1.807) is 13.3 Å². The molecule has 0 aliphatic carbocycles. The van der Waals surface area contributed by atoms with E-state index in [0.29, 0.717) is 12.6 Å². The first kappa shape index (κ1) is 9.99. The predicted octanol–water partition coefficient (Wildman–Crippen LogP) is 1.84. The van der Waals surface area contributed by atoms with E-state index in [2.05, 4.69) is 17.2 Å².